The number of benzene rings is 1. The Hall–Kier alpha value is -0.860. The van der Waals surface area contributed by atoms with Gasteiger partial charge in [0.15, 0.2) is 6.54 Å². The first kappa shape index (κ1) is 21.4. The van der Waals surface area contributed by atoms with Gasteiger partial charge in [0.1, 0.15) is 4.90 Å². The van der Waals surface area contributed by atoms with Gasteiger partial charge in [0.05, 0.1) is 31.2 Å². The van der Waals surface area contributed by atoms with E-state index in [0.29, 0.717) is 43.7 Å². The molecule has 0 aromatic heterocycles. The Balaban J connectivity index is 1.95. The second-order valence-electron chi connectivity index (χ2n) is 7.01. The first-order valence-electron chi connectivity index (χ1n) is 8.69. The van der Waals surface area contributed by atoms with Gasteiger partial charge in [-0.15, -0.1) is 0 Å². The number of hydrogen-bond donors (Lipinski definition) is 2. The van der Waals surface area contributed by atoms with Crippen molar-refractivity contribution in [1.82, 2.24) is 9.62 Å². The Labute approximate surface area is 165 Å². The Bertz CT molecular complexity index is 748. The summed E-state index contributed by atoms with van der Waals surface area (Å²) < 4.78 is 27.0. The van der Waals surface area contributed by atoms with Crippen LogP contribution < -0.4 is 10.2 Å². The SMILES string of the molecule is CC(C)[C@@H](C)NC(=O)C[NH+]1CCN(S(=O)(=O)c2cc(Cl)ccc2Cl)CC1. The van der Waals surface area contributed by atoms with Crippen LogP contribution in [0.1, 0.15) is 20.8 Å². The minimum atomic E-state index is -3.69. The predicted molar refractivity (Wildman–Crippen MR) is 103 cm³/mol. The average molecular weight is 423 g/mol. The molecule has 0 radical (unpaired) electrons. The van der Waals surface area contributed by atoms with Crippen LogP contribution >= 0.6 is 23.2 Å². The number of halogens is 2. The van der Waals surface area contributed by atoms with E-state index in [1.54, 1.807) is 6.07 Å². The molecule has 0 bridgehead atoms. The van der Waals surface area contributed by atoms with Crippen LogP contribution in [-0.4, -0.2) is 57.4 Å². The zero-order valence-electron chi connectivity index (χ0n) is 15.3. The lowest BCUT2D eigenvalue weighted by Crippen LogP contribution is -3.15. The number of hydrogen-bond acceptors (Lipinski definition) is 3. The Morgan fingerprint density at radius 2 is 1.85 bits per heavy atom. The van der Waals surface area contributed by atoms with E-state index in [2.05, 4.69) is 19.2 Å². The predicted octanol–water partition coefficient (Wildman–Crippen LogP) is 1.04. The second-order valence-corrected chi connectivity index (χ2v) is 9.76. The molecule has 0 unspecified atom stereocenters. The Morgan fingerprint density at radius 3 is 2.42 bits per heavy atom. The van der Waals surface area contributed by atoms with Crippen LogP contribution in [0.5, 0.6) is 0 Å². The number of rotatable bonds is 6. The average Bonchev–Trinajstić information content (AvgIpc) is 2.57. The number of piperazine rings is 1. The molecule has 6 nitrogen and oxygen atoms in total. The summed E-state index contributed by atoms with van der Waals surface area (Å²) in [4.78, 5) is 13.2. The maximum atomic E-state index is 12.8. The number of quaternary nitrogens is 1. The van der Waals surface area contributed by atoms with Gasteiger partial charge in [0, 0.05) is 11.1 Å². The molecule has 9 heteroatoms. The molecular weight excluding hydrogens is 397 g/mol. The zero-order chi connectivity index (χ0) is 19.5. The molecule has 1 amide bonds. The smallest absolute Gasteiger partial charge is 0.275 e. The molecule has 1 aliphatic rings. The minimum Gasteiger partial charge on any atom is -0.348 e. The fourth-order valence-corrected chi connectivity index (χ4v) is 4.91. The highest BCUT2D eigenvalue weighted by Crippen LogP contribution is 2.27. The topological polar surface area (TPSA) is 70.9 Å². The van der Waals surface area contributed by atoms with Crippen LogP contribution in [0.15, 0.2) is 23.1 Å². The minimum absolute atomic E-state index is 0.00427. The quantitative estimate of drug-likeness (QED) is 0.719. The number of carbonyl (C=O) groups excluding carboxylic acids is 1. The lowest BCUT2D eigenvalue weighted by atomic mass is 10.1. The Morgan fingerprint density at radius 1 is 1.23 bits per heavy atom. The van der Waals surface area contributed by atoms with Crippen molar-refractivity contribution in [3.63, 3.8) is 0 Å². The highest BCUT2D eigenvalue weighted by molar-refractivity contribution is 7.89. The van der Waals surface area contributed by atoms with E-state index < -0.39 is 10.0 Å². The number of nitrogens with zero attached hydrogens (tertiary/aromatic N) is 1. The molecule has 2 rings (SSSR count). The molecule has 1 saturated heterocycles. The molecule has 1 aromatic rings. The lowest BCUT2D eigenvalue weighted by Gasteiger charge is -2.31. The summed E-state index contributed by atoms with van der Waals surface area (Å²) in [5, 5.41) is 3.47. The van der Waals surface area contributed by atoms with Gasteiger partial charge in [-0.3, -0.25) is 4.79 Å². The van der Waals surface area contributed by atoms with Crippen LogP contribution in [0.4, 0.5) is 0 Å². The normalized spacial score (nSPS) is 18.1. The van der Waals surface area contributed by atoms with Crippen molar-refractivity contribution in [3.8, 4) is 0 Å². The molecule has 26 heavy (non-hydrogen) atoms. The van der Waals surface area contributed by atoms with Gasteiger partial charge in [-0.1, -0.05) is 37.0 Å². The standard InChI is InChI=1S/C17H25Cl2N3O3S/c1-12(2)13(3)20-17(23)11-21-6-8-22(9-7-21)26(24,25)16-10-14(18)4-5-15(16)19/h4-5,10,12-13H,6-9,11H2,1-3H3,(H,20,23)/p+1/t13-/m1/s1. The highest BCUT2D eigenvalue weighted by Gasteiger charge is 2.32. The van der Waals surface area contributed by atoms with Crippen molar-refractivity contribution in [1.29, 1.82) is 0 Å². The third-order valence-electron chi connectivity index (χ3n) is 4.74. The Kier molecular flexibility index (Phi) is 7.33. The summed E-state index contributed by atoms with van der Waals surface area (Å²) >= 11 is 12.0. The molecule has 0 spiro atoms. The van der Waals surface area contributed by atoms with Gasteiger partial charge in [-0.05, 0) is 31.0 Å². The van der Waals surface area contributed by atoms with Gasteiger partial charge in [0.25, 0.3) is 5.91 Å². The molecule has 146 valence electrons. The summed E-state index contributed by atoms with van der Waals surface area (Å²) in [5.41, 5.74) is 0. The third-order valence-corrected chi connectivity index (χ3v) is 7.36. The second kappa shape index (κ2) is 8.89. The van der Waals surface area contributed by atoms with Crippen LogP contribution in [-0.2, 0) is 14.8 Å². The summed E-state index contributed by atoms with van der Waals surface area (Å²) in [5.74, 6) is 0.369. The molecule has 1 atom stereocenters. The van der Waals surface area contributed by atoms with Crippen molar-refractivity contribution in [2.45, 2.75) is 31.7 Å². The van der Waals surface area contributed by atoms with E-state index in [-0.39, 0.29) is 21.9 Å². The van der Waals surface area contributed by atoms with E-state index in [4.69, 9.17) is 23.2 Å². The van der Waals surface area contributed by atoms with Crippen LogP contribution in [0, 0.1) is 5.92 Å². The first-order chi connectivity index (χ1) is 12.1. The largest absolute Gasteiger partial charge is 0.348 e. The summed E-state index contributed by atoms with van der Waals surface area (Å²) in [6.45, 7) is 8.27. The van der Waals surface area contributed by atoms with E-state index in [0.717, 1.165) is 4.90 Å². The molecular formula is C17H26Cl2N3O3S+. The maximum Gasteiger partial charge on any atom is 0.275 e. The van der Waals surface area contributed by atoms with E-state index in [1.165, 1.54) is 16.4 Å². The van der Waals surface area contributed by atoms with Crippen LogP contribution in [0.25, 0.3) is 0 Å². The van der Waals surface area contributed by atoms with E-state index >= 15 is 0 Å². The molecule has 1 fully saturated rings. The number of amides is 1. The molecule has 0 aliphatic carbocycles. The van der Waals surface area contributed by atoms with Crippen molar-refractivity contribution in [2.24, 2.45) is 5.92 Å². The fraction of sp³-hybridized carbons (Fsp3) is 0.588. The summed E-state index contributed by atoms with van der Waals surface area (Å²) in [6.07, 6.45) is 0. The molecule has 1 aliphatic heterocycles. The van der Waals surface area contributed by atoms with Gasteiger partial charge in [-0.2, -0.15) is 4.31 Å². The maximum absolute atomic E-state index is 12.8. The van der Waals surface area contributed by atoms with Gasteiger partial charge < -0.3 is 10.2 Å². The monoisotopic (exact) mass is 422 g/mol. The van der Waals surface area contributed by atoms with Gasteiger partial charge in [-0.25, -0.2) is 8.42 Å². The van der Waals surface area contributed by atoms with Crippen molar-refractivity contribution in [3.05, 3.63) is 28.2 Å². The van der Waals surface area contributed by atoms with E-state index in [1.807, 2.05) is 6.92 Å². The summed E-state index contributed by atoms with van der Waals surface area (Å²) in [7, 11) is -3.69. The third kappa shape index (κ3) is 5.33. The number of sulfonamides is 1. The van der Waals surface area contributed by atoms with Gasteiger partial charge >= 0.3 is 0 Å². The lowest BCUT2D eigenvalue weighted by molar-refractivity contribution is -0.895. The van der Waals surface area contributed by atoms with Crippen molar-refractivity contribution < 1.29 is 18.1 Å². The van der Waals surface area contributed by atoms with Crippen molar-refractivity contribution in [2.75, 3.05) is 32.7 Å². The molecule has 1 aromatic carbocycles. The molecule has 2 N–H and O–H groups in total. The van der Waals surface area contributed by atoms with Crippen LogP contribution in [0.3, 0.4) is 0 Å². The first-order valence-corrected chi connectivity index (χ1v) is 10.9. The molecule has 0 saturated carbocycles. The number of carbonyl (C=O) groups is 1. The fourth-order valence-electron chi connectivity index (χ4n) is 2.73. The van der Waals surface area contributed by atoms with E-state index in [9.17, 15) is 13.2 Å². The summed E-state index contributed by atoms with van der Waals surface area (Å²) in [6, 6.07) is 4.54. The zero-order valence-corrected chi connectivity index (χ0v) is 17.6. The molecule has 1 heterocycles. The number of nitrogens with one attached hydrogen (secondary N) is 2. The van der Waals surface area contributed by atoms with Gasteiger partial charge in [0.2, 0.25) is 10.0 Å². The highest BCUT2D eigenvalue weighted by atomic mass is 35.5. The van der Waals surface area contributed by atoms with Crippen molar-refractivity contribution >= 4 is 39.1 Å². The van der Waals surface area contributed by atoms with Crippen LogP contribution in [0.2, 0.25) is 10.0 Å².